The highest BCUT2D eigenvalue weighted by molar-refractivity contribution is 5.93. The molecule has 1 aromatic rings. The van der Waals surface area contributed by atoms with Crippen molar-refractivity contribution >= 4 is 11.5 Å². The number of benzene rings is 1. The third-order valence-electron chi connectivity index (χ3n) is 3.02. The summed E-state index contributed by atoms with van der Waals surface area (Å²) in [4.78, 5) is 14.4. The number of nitro groups is 1. The van der Waals surface area contributed by atoms with Crippen molar-refractivity contribution in [1.82, 2.24) is 5.32 Å². The maximum absolute atomic E-state index is 10.7. The predicted octanol–water partition coefficient (Wildman–Crippen LogP) is 1.31. The molecule has 1 aliphatic heterocycles. The number of rotatable bonds is 4. The number of nitro benzene ring substituents is 1. The van der Waals surface area contributed by atoms with Crippen LogP contribution < -0.4 is 16.8 Å². The van der Waals surface area contributed by atoms with Gasteiger partial charge in [0, 0.05) is 23.4 Å². The van der Waals surface area contributed by atoms with E-state index >= 15 is 0 Å². The molecule has 0 radical (unpaired) electrons. The van der Waals surface area contributed by atoms with Crippen LogP contribution in [0, 0.1) is 10.1 Å². The number of hydrogen-bond acceptors (Lipinski definition) is 6. The Balaban J connectivity index is 2.31. The Bertz CT molecular complexity index is 579. The molecule has 0 saturated heterocycles. The summed E-state index contributed by atoms with van der Waals surface area (Å²) in [6.45, 7) is 2.05. The zero-order valence-corrected chi connectivity index (χ0v) is 11.2. The van der Waals surface area contributed by atoms with Gasteiger partial charge in [0.25, 0.3) is 5.69 Å². The van der Waals surface area contributed by atoms with E-state index in [2.05, 4.69) is 17.2 Å². The van der Waals surface area contributed by atoms with E-state index in [1.807, 2.05) is 0 Å². The standard InChI is InChI=1S/C13H17N5O2/c1-2-3-10-8-12(14)17-13(15,16-10)9-4-6-11(7-5-9)18(19)20/h4-8,16H,2-3,15H2,1H3,(H2,14,17). The van der Waals surface area contributed by atoms with Crippen molar-refractivity contribution in [3.8, 4) is 0 Å². The monoisotopic (exact) mass is 275 g/mol. The van der Waals surface area contributed by atoms with Crippen LogP contribution in [0.5, 0.6) is 0 Å². The fraction of sp³-hybridized carbons (Fsp3) is 0.308. The molecule has 7 heteroatoms. The van der Waals surface area contributed by atoms with Gasteiger partial charge in [-0.3, -0.25) is 15.8 Å². The molecule has 106 valence electrons. The van der Waals surface area contributed by atoms with E-state index in [-0.39, 0.29) is 5.69 Å². The average Bonchev–Trinajstić information content (AvgIpc) is 2.38. The van der Waals surface area contributed by atoms with E-state index in [1.54, 1.807) is 18.2 Å². The van der Waals surface area contributed by atoms with Gasteiger partial charge >= 0.3 is 0 Å². The number of hydrogen-bond donors (Lipinski definition) is 3. The summed E-state index contributed by atoms with van der Waals surface area (Å²) in [5.41, 5.74) is 13.6. The van der Waals surface area contributed by atoms with E-state index in [0.29, 0.717) is 11.4 Å². The summed E-state index contributed by atoms with van der Waals surface area (Å²) in [7, 11) is 0. The Morgan fingerprint density at radius 3 is 2.60 bits per heavy atom. The van der Waals surface area contributed by atoms with Crippen molar-refractivity contribution in [2.75, 3.05) is 0 Å². The third kappa shape index (κ3) is 2.77. The molecule has 2 rings (SSSR count). The first kappa shape index (κ1) is 14.0. The minimum atomic E-state index is -1.18. The van der Waals surface area contributed by atoms with Crippen LogP contribution in [0.4, 0.5) is 5.69 Å². The second-order valence-electron chi connectivity index (χ2n) is 4.65. The fourth-order valence-corrected chi connectivity index (χ4v) is 2.10. The Morgan fingerprint density at radius 1 is 1.40 bits per heavy atom. The first-order chi connectivity index (χ1) is 9.44. The van der Waals surface area contributed by atoms with Crippen LogP contribution in [-0.4, -0.2) is 10.8 Å². The molecule has 1 heterocycles. The molecule has 1 aromatic carbocycles. The van der Waals surface area contributed by atoms with Crippen molar-refractivity contribution in [3.63, 3.8) is 0 Å². The lowest BCUT2D eigenvalue weighted by Gasteiger charge is -2.32. The fourth-order valence-electron chi connectivity index (χ4n) is 2.10. The second kappa shape index (κ2) is 5.30. The maximum atomic E-state index is 10.7. The number of non-ortho nitro benzene ring substituents is 1. The van der Waals surface area contributed by atoms with Gasteiger partial charge in [0.2, 0.25) is 5.79 Å². The van der Waals surface area contributed by atoms with E-state index in [9.17, 15) is 10.1 Å². The minimum absolute atomic E-state index is 0.00874. The lowest BCUT2D eigenvalue weighted by molar-refractivity contribution is -0.384. The van der Waals surface area contributed by atoms with Crippen LogP contribution in [0.1, 0.15) is 25.3 Å². The topological polar surface area (TPSA) is 120 Å². The van der Waals surface area contributed by atoms with Crippen molar-refractivity contribution in [1.29, 1.82) is 0 Å². The molecule has 0 fully saturated rings. The van der Waals surface area contributed by atoms with Gasteiger partial charge < -0.3 is 11.1 Å². The zero-order valence-electron chi connectivity index (χ0n) is 11.2. The molecule has 0 saturated carbocycles. The zero-order chi connectivity index (χ0) is 14.8. The van der Waals surface area contributed by atoms with Crippen molar-refractivity contribution < 1.29 is 4.92 Å². The number of nitrogens with zero attached hydrogens (tertiary/aromatic N) is 2. The number of aliphatic imine (C=N–C) groups is 1. The Labute approximate surface area is 116 Å². The average molecular weight is 275 g/mol. The van der Waals surface area contributed by atoms with Crippen LogP contribution in [0.2, 0.25) is 0 Å². The van der Waals surface area contributed by atoms with Gasteiger partial charge in [0.05, 0.1) is 4.92 Å². The number of nitrogens with one attached hydrogen (secondary N) is 1. The van der Waals surface area contributed by atoms with E-state index in [4.69, 9.17) is 11.5 Å². The summed E-state index contributed by atoms with van der Waals surface area (Å²) in [5.74, 6) is -0.841. The third-order valence-corrected chi connectivity index (χ3v) is 3.02. The van der Waals surface area contributed by atoms with E-state index in [0.717, 1.165) is 18.5 Å². The van der Waals surface area contributed by atoms with Gasteiger partial charge in [-0.15, -0.1) is 0 Å². The van der Waals surface area contributed by atoms with Crippen molar-refractivity contribution in [3.05, 3.63) is 51.7 Å². The maximum Gasteiger partial charge on any atom is 0.269 e. The van der Waals surface area contributed by atoms with Gasteiger partial charge in [-0.05, 0) is 24.6 Å². The molecule has 0 spiro atoms. The molecule has 20 heavy (non-hydrogen) atoms. The molecule has 0 amide bonds. The highest BCUT2D eigenvalue weighted by Gasteiger charge is 2.30. The highest BCUT2D eigenvalue weighted by Crippen LogP contribution is 2.24. The Kier molecular flexibility index (Phi) is 3.71. The molecule has 1 unspecified atom stereocenters. The van der Waals surface area contributed by atoms with Gasteiger partial charge in [0.15, 0.2) is 0 Å². The summed E-state index contributed by atoms with van der Waals surface area (Å²) in [6.07, 6.45) is 3.50. The molecule has 1 aliphatic rings. The van der Waals surface area contributed by atoms with Crippen LogP contribution >= 0.6 is 0 Å². The van der Waals surface area contributed by atoms with Crippen molar-refractivity contribution in [2.24, 2.45) is 16.5 Å². The van der Waals surface area contributed by atoms with Crippen LogP contribution in [-0.2, 0) is 5.79 Å². The smallest absolute Gasteiger partial charge is 0.269 e. The predicted molar refractivity (Wildman–Crippen MR) is 76.7 cm³/mol. The second-order valence-corrected chi connectivity index (χ2v) is 4.65. The van der Waals surface area contributed by atoms with Gasteiger partial charge in [0.1, 0.15) is 5.84 Å². The molecule has 1 atom stereocenters. The first-order valence-electron chi connectivity index (χ1n) is 6.32. The molecule has 0 aliphatic carbocycles. The van der Waals surface area contributed by atoms with Crippen LogP contribution in [0.3, 0.4) is 0 Å². The number of amidine groups is 1. The Morgan fingerprint density at radius 2 is 2.05 bits per heavy atom. The van der Waals surface area contributed by atoms with Crippen LogP contribution in [0.15, 0.2) is 41.0 Å². The summed E-state index contributed by atoms with van der Waals surface area (Å²) in [6, 6.07) is 5.96. The highest BCUT2D eigenvalue weighted by atomic mass is 16.6. The number of nitrogens with two attached hydrogens (primary N) is 2. The lowest BCUT2D eigenvalue weighted by atomic mass is 10.1. The summed E-state index contributed by atoms with van der Waals surface area (Å²) >= 11 is 0. The molecular formula is C13H17N5O2. The quantitative estimate of drug-likeness (QED) is 0.565. The Hall–Kier alpha value is -2.41. The molecule has 0 bridgehead atoms. The van der Waals surface area contributed by atoms with E-state index in [1.165, 1.54) is 12.1 Å². The lowest BCUT2D eigenvalue weighted by Crippen LogP contribution is -2.51. The molecular weight excluding hydrogens is 258 g/mol. The normalized spacial score (nSPS) is 21.7. The molecule has 0 aromatic heterocycles. The number of allylic oxidation sites excluding steroid dienone is 1. The molecule has 5 N–H and O–H groups in total. The SMILES string of the molecule is CCCC1=CC(N)=NC(N)(c2ccc([N+](=O)[O-])cc2)N1. The van der Waals surface area contributed by atoms with Crippen molar-refractivity contribution in [2.45, 2.75) is 25.6 Å². The molecule has 7 nitrogen and oxygen atoms in total. The van der Waals surface area contributed by atoms with Gasteiger partial charge in [-0.25, -0.2) is 4.99 Å². The summed E-state index contributed by atoms with van der Waals surface area (Å²) < 4.78 is 0. The first-order valence-corrected chi connectivity index (χ1v) is 6.32. The minimum Gasteiger partial charge on any atom is -0.384 e. The van der Waals surface area contributed by atoms with Gasteiger partial charge in [-0.1, -0.05) is 13.3 Å². The summed E-state index contributed by atoms with van der Waals surface area (Å²) in [5, 5.41) is 13.8. The largest absolute Gasteiger partial charge is 0.384 e. The van der Waals surface area contributed by atoms with E-state index < -0.39 is 10.7 Å². The van der Waals surface area contributed by atoms with Crippen LogP contribution in [0.25, 0.3) is 0 Å². The van der Waals surface area contributed by atoms with Gasteiger partial charge in [-0.2, -0.15) is 0 Å².